The largest absolute Gasteiger partial charge is 0.392 e. The van der Waals surface area contributed by atoms with E-state index in [-0.39, 0.29) is 12.9 Å². The Morgan fingerprint density at radius 1 is 1.44 bits per heavy atom. The van der Waals surface area contributed by atoms with Crippen LogP contribution in [0.15, 0.2) is 23.1 Å². The van der Waals surface area contributed by atoms with Gasteiger partial charge in [-0.25, -0.2) is 13.1 Å². The minimum atomic E-state index is -3.49. The van der Waals surface area contributed by atoms with Gasteiger partial charge in [0.25, 0.3) is 0 Å². The molecule has 92 valence electrons. The van der Waals surface area contributed by atoms with Gasteiger partial charge in [0.15, 0.2) is 0 Å². The van der Waals surface area contributed by atoms with Crippen molar-refractivity contribution >= 4 is 10.0 Å². The van der Waals surface area contributed by atoms with Crippen LogP contribution in [-0.2, 0) is 16.6 Å². The molecule has 16 heavy (non-hydrogen) atoms. The molecule has 0 aliphatic rings. The van der Waals surface area contributed by atoms with E-state index in [0.29, 0.717) is 11.5 Å². The molecule has 1 aromatic rings. The molecule has 0 atom stereocenters. The Balaban J connectivity index is 0.00000256. The van der Waals surface area contributed by atoms with Gasteiger partial charge in [0.05, 0.1) is 11.5 Å². The average Bonchev–Trinajstić information content (AvgIpc) is 2.28. The average molecular weight is 245 g/mol. The highest BCUT2D eigenvalue weighted by Crippen LogP contribution is 2.22. The van der Waals surface area contributed by atoms with Crippen molar-refractivity contribution in [3.8, 4) is 0 Å². The lowest BCUT2D eigenvalue weighted by atomic mass is 10.0. The van der Waals surface area contributed by atoms with Gasteiger partial charge < -0.3 is 5.11 Å². The molecular formula is C11H19NO3S. The summed E-state index contributed by atoms with van der Waals surface area (Å²) < 4.78 is 25.5. The van der Waals surface area contributed by atoms with Gasteiger partial charge in [-0.1, -0.05) is 26.0 Å². The predicted molar refractivity (Wildman–Crippen MR) is 64.8 cm³/mol. The van der Waals surface area contributed by atoms with Gasteiger partial charge in [-0.15, -0.1) is 0 Å². The summed E-state index contributed by atoms with van der Waals surface area (Å²) in [7, 11) is -2.14. The Hall–Kier alpha value is -0.910. The molecule has 0 aliphatic carbocycles. The fourth-order valence-electron chi connectivity index (χ4n) is 1.45. The van der Waals surface area contributed by atoms with E-state index in [1.54, 1.807) is 12.1 Å². The quantitative estimate of drug-likeness (QED) is 0.844. The molecule has 0 saturated heterocycles. The van der Waals surface area contributed by atoms with Crippen LogP contribution in [0, 0.1) is 0 Å². The molecule has 0 aromatic heterocycles. The highest BCUT2D eigenvalue weighted by atomic mass is 32.2. The molecule has 4 nitrogen and oxygen atoms in total. The Morgan fingerprint density at radius 3 is 2.50 bits per heavy atom. The van der Waals surface area contributed by atoms with E-state index in [2.05, 4.69) is 4.72 Å². The van der Waals surface area contributed by atoms with Crippen molar-refractivity contribution < 1.29 is 15.0 Å². The van der Waals surface area contributed by atoms with Gasteiger partial charge in [0, 0.05) is 1.43 Å². The van der Waals surface area contributed by atoms with E-state index in [0.717, 1.165) is 5.56 Å². The van der Waals surface area contributed by atoms with Crippen molar-refractivity contribution in [2.75, 3.05) is 7.05 Å². The van der Waals surface area contributed by atoms with Crippen LogP contribution in [0.1, 0.15) is 32.3 Å². The Kier molecular flexibility index (Phi) is 4.07. The van der Waals surface area contributed by atoms with Crippen molar-refractivity contribution in [2.45, 2.75) is 31.3 Å². The van der Waals surface area contributed by atoms with Crippen molar-refractivity contribution in [1.29, 1.82) is 0 Å². The van der Waals surface area contributed by atoms with Gasteiger partial charge in [-0.2, -0.15) is 0 Å². The predicted octanol–water partition coefficient (Wildman–Crippen LogP) is 1.46. The molecule has 0 spiro atoms. The summed E-state index contributed by atoms with van der Waals surface area (Å²) in [5.41, 5.74) is 1.44. The molecule has 0 fully saturated rings. The number of nitrogens with one attached hydrogen (secondary N) is 1. The monoisotopic (exact) mass is 245 g/mol. The summed E-state index contributed by atoms with van der Waals surface area (Å²) in [5, 5.41) is 9.19. The Bertz CT molecular complexity index is 472. The lowest BCUT2D eigenvalue weighted by Crippen LogP contribution is -2.20. The molecule has 5 heteroatoms. The Morgan fingerprint density at radius 2 is 2.06 bits per heavy atom. The van der Waals surface area contributed by atoms with Gasteiger partial charge >= 0.3 is 0 Å². The van der Waals surface area contributed by atoms with E-state index in [9.17, 15) is 13.5 Å². The first-order chi connectivity index (χ1) is 7.42. The zero-order valence-electron chi connectivity index (χ0n) is 9.69. The van der Waals surface area contributed by atoms with E-state index in [1.165, 1.54) is 13.1 Å². The Labute approximate surface area is 97.8 Å². The summed E-state index contributed by atoms with van der Waals surface area (Å²) >= 11 is 0. The van der Waals surface area contributed by atoms with E-state index >= 15 is 0 Å². The minimum Gasteiger partial charge on any atom is -0.392 e. The molecular weight excluding hydrogens is 226 g/mol. The molecule has 0 saturated carbocycles. The van der Waals surface area contributed by atoms with Crippen LogP contribution in [-0.4, -0.2) is 20.6 Å². The first-order valence-corrected chi connectivity index (χ1v) is 6.58. The molecule has 1 rings (SSSR count). The molecule has 0 radical (unpaired) electrons. The summed E-state index contributed by atoms with van der Waals surface area (Å²) in [4.78, 5) is 0.141. The highest BCUT2D eigenvalue weighted by molar-refractivity contribution is 7.89. The first-order valence-electron chi connectivity index (χ1n) is 5.09. The number of hydrogen-bond acceptors (Lipinski definition) is 3. The van der Waals surface area contributed by atoms with Gasteiger partial charge in [0.2, 0.25) is 10.0 Å². The maximum Gasteiger partial charge on any atom is 0.240 e. The van der Waals surface area contributed by atoms with Crippen LogP contribution < -0.4 is 4.72 Å². The molecule has 0 aliphatic heterocycles. The summed E-state index contributed by atoms with van der Waals surface area (Å²) in [6, 6.07) is 5.04. The van der Waals surface area contributed by atoms with Crippen molar-refractivity contribution in [3.05, 3.63) is 29.3 Å². The SMILES string of the molecule is CNS(=O)(=O)c1ccc(C(C)C)cc1CO.[HH]. The fourth-order valence-corrected chi connectivity index (χ4v) is 2.39. The normalized spacial score (nSPS) is 12.1. The van der Waals surface area contributed by atoms with Gasteiger partial charge in [0.1, 0.15) is 0 Å². The van der Waals surface area contributed by atoms with Crippen LogP contribution in [0.3, 0.4) is 0 Å². The van der Waals surface area contributed by atoms with Gasteiger partial charge in [-0.05, 0) is 30.2 Å². The number of benzene rings is 1. The van der Waals surface area contributed by atoms with Crippen molar-refractivity contribution in [1.82, 2.24) is 4.72 Å². The second kappa shape index (κ2) is 4.95. The number of sulfonamides is 1. The molecule has 1 aromatic carbocycles. The summed E-state index contributed by atoms with van der Waals surface area (Å²) in [6.07, 6.45) is 0. The third-order valence-corrected chi connectivity index (χ3v) is 3.99. The van der Waals surface area contributed by atoms with Crippen LogP contribution in [0.25, 0.3) is 0 Å². The molecule has 0 bridgehead atoms. The number of hydrogen-bond donors (Lipinski definition) is 2. The maximum absolute atomic E-state index is 11.6. The zero-order valence-corrected chi connectivity index (χ0v) is 10.5. The van der Waals surface area contributed by atoms with Gasteiger partial charge in [-0.3, -0.25) is 0 Å². The maximum atomic E-state index is 11.6. The lowest BCUT2D eigenvalue weighted by Gasteiger charge is -2.11. The minimum absolute atomic E-state index is 0. The second-order valence-electron chi connectivity index (χ2n) is 3.89. The van der Waals surface area contributed by atoms with Crippen molar-refractivity contribution in [3.63, 3.8) is 0 Å². The fraction of sp³-hybridized carbons (Fsp3) is 0.455. The van der Waals surface area contributed by atoms with Crippen LogP contribution in [0.5, 0.6) is 0 Å². The lowest BCUT2D eigenvalue weighted by molar-refractivity contribution is 0.278. The van der Waals surface area contributed by atoms with E-state index in [4.69, 9.17) is 0 Å². The van der Waals surface area contributed by atoms with Crippen LogP contribution in [0.2, 0.25) is 0 Å². The molecule has 0 amide bonds. The highest BCUT2D eigenvalue weighted by Gasteiger charge is 2.16. The number of aliphatic hydroxyl groups is 1. The molecule has 2 N–H and O–H groups in total. The number of rotatable bonds is 4. The molecule has 0 unspecified atom stereocenters. The van der Waals surface area contributed by atoms with Crippen LogP contribution >= 0.6 is 0 Å². The third-order valence-electron chi connectivity index (χ3n) is 2.48. The third kappa shape index (κ3) is 2.61. The summed E-state index contributed by atoms with van der Waals surface area (Å²) in [5.74, 6) is 0.302. The summed E-state index contributed by atoms with van der Waals surface area (Å²) in [6.45, 7) is 3.75. The topological polar surface area (TPSA) is 66.4 Å². The smallest absolute Gasteiger partial charge is 0.240 e. The second-order valence-corrected chi connectivity index (χ2v) is 5.74. The zero-order chi connectivity index (χ0) is 12.3. The van der Waals surface area contributed by atoms with Crippen molar-refractivity contribution in [2.24, 2.45) is 0 Å². The van der Waals surface area contributed by atoms with E-state index < -0.39 is 10.0 Å². The van der Waals surface area contributed by atoms with E-state index in [1.807, 2.05) is 13.8 Å². The standard InChI is InChI=1S/C11H17NO3S.H2/c1-8(2)9-4-5-11(10(6-9)7-13)16(14,15)12-3;/h4-6,8,12-13H,7H2,1-3H3;1H. The van der Waals surface area contributed by atoms with Crippen LogP contribution in [0.4, 0.5) is 0 Å². The molecule has 0 heterocycles. The first kappa shape index (κ1) is 13.2. The number of aliphatic hydroxyl groups excluding tert-OH is 1.